The lowest BCUT2D eigenvalue weighted by atomic mass is 9.94. The number of ketones is 1. The molecule has 1 aliphatic heterocycles. The lowest BCUT2D eigenvalue weighted by Gasteiger charge is -2.28. The van der Waals surface area contributed by atoms with E-state index >= 15 is 0 Å². The third-order valence-corrected chi connectivity index (χ3v) is 7.01. The van der Waals surface area contributed by atoms with E-state index in [2.05, 4.69) is 18.7 Å². The van der Waals surface area contributed by atoms with E-state index in [0.717, 1.165) is 24.3 Å². The Labute approximate surface area is 220 Å². The Morgan fingerprint density at radius 1 is 1.03 bits per heavy atom. The predicted octanol–water partition coefficient (Wildman–Crippen LogP) is 7.02. The number of aliphatic hydroxyl groups is 1. The van der Waals surface area contributed by atoms with E-state index in [1.165, 1.54) is 4.90 Å². The van der Waals surface area contributed by atoms with E-state index in [1.54, 1.807) is 30.3 Å². The summed E-state index contributed by atoms with van der Waals surface area (Å²) in [4.78, 5) is 30.9. The normalized spacial score (nSPS) is 15.6. The fourth-order valence-electron chi connectivity index (χ4n) is 4.91. The number of halogens is 1. The van der Waals surface area contributed by atoms with Gasteiger partial charge in [-0.05, 0) is 80.4 Å². The standard InChI is InChI=1S/C30H27ClN2O4/c1-4-32(5-2)22-12-9-19(10-13-22)27-26(28(34)25-17-20-16-21(31)11-14-24(20)37-25)29(35)30(36)33(27)23-8-6-7-18(3)15-23/h6-17,27,35H,4-5H2,1-3H3. The zero-order valence-electron chi connectivity index (χ0n) is 20.9. The molecule has 0 saturated carbocycles. The summed E-state index contributed by atoms with van der Waals surface area (Å²) in [6.45, 7) is 7.81. The topological polar surface area (TPSA) is 74.0 Å². The van der Waals surface area contributed by atoms with Crippen LogP contribution in [0.3, 0.4) is 0 Å². The first-order valence-corrected chi connectivity index (χ1v) is 12.6. The Hall–Kier alpha value is -4.03. The summed E-state index contributed by atoms with van der Waals surface area (Å²) in [6, 6.07) is 21.0. The van der Waals surface area contributed by atoms with Crippen LogP contribution in [0.2, 0.25) is 5.02 Å². The van der Waals surface area contributed by atoms with Crippen molar-refractivity contribution >= 4 is 45.6 Å². The Balaban J connectivity index is 1.63. The summed E-state index contributed by atoms with van der Waals surface area (Å²) in [5.74, 6) is -1.73. The highest BCUT2D eigenvalue weighted by Crippen LogP contribution is 2.43. The summed E-state index contributed by atoms with van der Waals surface area (Å²) >= 11 is 6.11. The van der Waals surface area contributed by atoms with E-state index in [4.69, 9.17) is 16.0 Å². The number of rotatable bonds is 7. The third kappa shape index (κ3) is 4.38. The number of furan rings is 1. The molecule has 0 radical (unpaired) electrons. The van der Waals surface area contributed by atoms with Gasteiger partial charge in [0.1, 0.15) is 5.58 Å². The first kappa shape index (κ1) is 24.7. The molecule has 0 bridgehead atoms. The minimum absolute atomic E-state index is 0.0211. The number of anilines is 2. The molecule has 1 N–H and O–H groups in total. The van der Waals surface area contributed by atoms with E-state index in [0.29, 0.717) is 27.2 Å². The summed E-state index contributed by atoms with van der Waals surface area (Å²) in [5, 5.41) is 12.2. The summed E-state index contributed by atoms with van der Waals surface area (Å²) in [6.07, 6.45) is 0. The number of hydrogen-bond donors (Lipinski definition) is 1. The molecule has 0 spiro atoms. The van der Waals surface area contributed by atoms with E-state index in [-0.39, 0.29) is 11.3 Å². The van der Waals surface area contributed by atoms with Crippen LogP contribution >= 0.6 is 11.6 Å². The molecule has 37 heavy (non-hydrogen) atoms. The number of carbonyl (C=O) groups excluding carboxylic acids is 2. The highest BCUT2D eigenvalue weighted by Gasteiger charge is 2.45. The van der Waals surface area contributed by atoms with Gasteiger partial charge in [-0.15, -0.1) is 0 Å². The molecule has 1 unspecified atom stereocenters. The Morgan fingerprint density at radius 3 is 2.43 bits per heavy atom. The molecule has 1 aromatic heterocycles. The minimum Gasteiger partial charge on any atom is -0.503 e. The molecule has 7 heteroatoms. The fraction of sp³-hybridized carbons (Fsp3) is 0.200. The maximum atomic E-state index is 13.8. The van der Waals surface area contributed by atoms with Crippen molar-refractivity contribution in [1.29, 1.82) is 0 Å². The van der Waals surface area contributed by atoms with Crippen molar-refractivity contribution in [3.05, 3.63) is 106 Å². The van der Waals surface area contributed by atoms with Crippen molar-refractivity contribution in [3.8, 4) is 0 Å². The van der Waals surface area contributed by atoms with Crippen molar-refractivity contribution in [2.75, 3.05) is 22.9 Å². The summed E-state index contributed by atoms with van der Waals surface area (Å²) in [7, 11) is 0. The molecule has 4 aromatic rings. The molecule has 188 valence electrons. The molecule has 0 aliphatic carbocycles. The van der Waals surface area contributed by atoms with Crippen LogP contribution in [0.1, 0.15) is 41.6 Å². The van der Waals surface area contributed by atoms with Crippen LogP contribution in [0.25, 0.3) is 11.0 Å². The number of Topliss-reactive ketones (excluding diaryl/α,β-unsaturated/α-hetero) is 1. The summed E-state index contributed by atoms with van der Waals surface area (Å²) in [5.41, 5.74) is 3.76. The van der Waals surface area contributed by atoms with Gasteiger partial charge >= 0.3 is 0 Å². The van der Waals surface area contributed by atoms with Gasteiger partial charge in [-0.1, -0.05) is 35.9 Å². The maximum Gasteiger partial charge on any atom is 0.294 e. The third-order valence-electron chi connectivity index (χ3n) is 6.77. The molecule has 3 aromatic carbocycles. The van der Waals surface area contributed by atoms with Crippen molar-refractivity contribution in [1.82, 2.24) is 0 Å². The molecule has 6 nitrogen and oxygen atoms in total. The first-order valence-electron chi connectivity index (χ1n) is 12.2. The van der Waals surface area contributed by atoms with Crippen molar-refractivity contribution < 1.29 is 19.1 Å². The van der Waals surface area contributed by atoms with Crippen LogP contribution < -0.4 is 9.80 Å². The van der Waals surface area contributed by atoms with Gasteiger partial charge in [0, 0.05) is 34.9 Å². The molecule has 1 atom stereocenters. The number of aryl methyl sites for hydroxylation is 1. The van der Waals surface area contributed by atoms with Crippen LogP contribution in [-0.2, 0) is 4.79 Å². The van der Waals surface area contributed by atoms with Crippen LogP contribution in [0.15, 0.2) is 88.5 Å². The lowest BCUT2D eigenvalue weighted by molar-refractivity contribution is -0.117. The number of amides is 1. The zero-order chi connectivity index (χ0) is 26.3. The molecular formula is C30H27ClN2O4. The minimum atomic E-state index is -0.829. The van der Waals surface area contributed by atoms with Crippen LogP contribution in [0, 0.1) is 6.92 Å². The van der Waals surface area contributed by atoms with E-state index < -0.39 is 23.5 Å². The molecular weight excluding hydrogens is 488 g/mol. The Kier molecular flexibility index (Phi) is 6.52. The smallest absolute Gasteiger partial charge is 0.294 e. The second-order valence-electron chi connectivity index (χ2n) is 9.06. The second-order valence-corrected chi connectivity index (χ2v) is 9.50. The van der Waals surface area contributed by atoms with E-state index in [1.807, 2.05) is 49.4 Å². The number of hydrogen-bond acceptors (Lipinski definition) is 5. The molecule has 1 aliphatic rings. The molecule has 0 saturated heterocycles. The lowest BCUT2D eigenvalue weighted by Crippen LogP contribution is -2.31. The van der Waals surface area contributed by atoms with E-state index in [9.17, 15) is 14.7 Å². The van der Waals surface area contributed by atoms with Crippen molar-refractivity contribution in [3.63, 3.8) is 0 Å². The molecule has 0 fully saturated rings. The van der Waals surface area contributed by atoms with Gasteiger partial charge in [-0.2, -0.15) is 0 Å². The van der Waals surface area contributed by atoms with Gasteiger partial charge in [0.25, 0.3) is 5.91 Å². The average molecular weight is 515 g/mol. The fourth-order valence-corrected chi connectivity index (χ4v) is 5.09. The quantitative estimate of drug-likeness (QED) is 0.268. The number of benzene rings is 3. The molecule has 1 amide bonds. The number of fused-ring (bicyclic) bond motifs is 1. The highest BCUT2D eigenvalue weighted by atomic mass is 35.5. The number of carbonyl (C=O) groups is 2. The van der Waals surface area contributed by atoms with Gasteiger partial charge in [0.05, 0.1) is 11.6 Å². The van der Waals surface area contributed by atoms with Crippen molar-refractivity contribution in [2.45, 2.75) is 26.8 Å². The van der Waals surface area contributed by atoms with Gasteiger partial charge in [-0.25, -0.2) is 0 Å². The van der Waals surface area contributed by atoms with Gasteiger partial charge < -0.3 is 14.4 Å². The number of aliphatic hydroxyl groups excluding tert-OH is 1. The first-order chi connectivity index (χ1) is 17.8. The monoisotopic (exact) mass is 514 g/mol. The zero-order valence-corrected chi connectivity index (χ0v) is 21.6. The highest BCUT2D eigenvalue weighted by molar-refractivity contribution is 6.31. The van der Waals surface area contributed by atoms with Crippen LogP contribution in [-0.4, -0.2) is 29.9 Å². The van der Waals surface area contributed by atoms with Gasteiger partial charge in [0.2, 0.25) is 5.78 Å². The predicted molar refractivity (Wildman–Crippen MR) is 147 cm³/mol. The van der Waals surface area contributed by atoms with Crippen molar-refractivity contribution in [2.24, 2.45) is 0 Å². The SMILES string of the molecule is CCN(CC)c1ccc(C2C(C(=O)c3cc4cc(Cl)ccc4o3)=C(O)C(=O)N2c2cccc(C)c2)cc1. The Bertz CT molecular complexity index is 1530. The summed E-state index contributed by atoms with van der Waals surface area (Å²) < 4.78 is 5.81. The van der Waals surface area contributed by atoms with Crippen LogP contribution in [0.4, 0.5) is 11.4 Å². The maximum absolute atomic E-state index is 13.8. The number of nitrogens with zero attached hydrogens (tertiary/aromatic N) is 2. The average Bonchev–Trinajstić information content (AvgIpc) is 3.43. The molecule has 2 heterocycles. The van der Waals surface area contributed by atoms with Gasteiger partial charge in [-0.3, -0.25) is 14.5 Å². The van der Waals surface area contributed by atoms with Crippen LogP contribution in [0.5, 0.6) is 0 Å². The van der Waals surface area contributed by atoms with Gasteiger partial charge in [0.15, 0.2) is 11.5 Å². The largest absolute Gasteiger partial charge is 0.503 e. The Morgan fingerprint density at radius 2 is 1.76 bits per heavy atom. The molecule has 5 rings (SSSR count). The second kappa shape index (κ2) is 9.79.